The summed E-state index contributed by atoms with van der Waals surface area (Å²) in [7, 11) is 3.80. The molecule has 0 unspecified atom stereocenters. The van der Waals surface area contributed by atoms with Gasteiger partial charge >= 0.3 is 6.18 Å². The molecular formula is C25H25F3N6O. The first kappa shape index (κ1) is 25.4. The van der Waals surface area contributed by atoms with Crippen molar-refractivity contribution in [3.8, 4) is 11.1 Å². The van der Waals surface area contributed by atoms with Crippen molar-refractivity contribution in [2.24, 2.45) is 0 Å². The summed E-state index contributed by atoms with van der Waals surface area (Å²) in [6.45, 7) is 3.81. The molecule has 0 saturated carbocycles. The van der Waals surface area contributed by atoms with Gasteiger partial charge in [-0.25, -0.2) is 9.97 Å². The van der Waals surface area contributed by atoms with Crippen molar-refractivity contribution in [3.63, 3.8) is 0 Å². The Balaban J connectivity index is 1.54. The number of amides is 1. The maximum absolute atomic E-state index is 12.6. The topological polar surface area (TPSA) is 83.0 Å². The van der Waals surface area contributed by atoms with E-state index in [1.54, 1.807) is 18.5 Å². The van der Waals surface area contributed by atoms with E-state index < -0.39 is 11.7 Å². The first-order chi connectivity index (χ1) is 16.6. The Morgan fingerprint density at radius 1 is 1.00 bits per heavy atom. The summed E-state index contributed by atoms with van der Waals surface area (Å²) >= 11 is 0. The summed E-state index contributed by atoms with van der Waals surface area (Å²) in [5.41, 5.74) is 2.78. The molecule has 0 bridgehead atoms. The maximum atomic E-state index is 12.6. The molecule has 7 nitrogen and oxygen atoms in total. The zero-order chi connectivity index (χ0) is 25.4. The second-order valence-corrected chi connectivity index (χ2v) is 7.86. The third-order valence-electron chi connectivity index (χ3n) is 4.80. The third-order valence-corrected chi connectivity index (χ3v) is 4.80. The Labute approximate surface area is 201 Å². The van der Waals surface area contributed by atoms with Crippen LogP contribution in [0.15, 0.2) is 79.5 Å². The van der Waals surface area contributed by atoms with Crippen molar-refractivity contribution in [1.29, 1.82) is 0 Å². The monoisotopic (exact) mass is 482 g/mol. The van der Waals surface area contributed by atoms with Crippen LogP contribution in [0.4, 0.5) is 19.1 Å². The largest absolute Gasteiger partial charge is 0.417 e. The number of carbonyl (C=O) groups is 1. The van der Waals surface area contributed by atoms with Gasteiger partial charge in [0.15, 0.2) is 0 Å². The van der Waals surface area contributed by atoms with E-state index in [4.69, 9.17) is 0 Å². The Morgan fingerprint density at radius 2 is 1.69 bits per heavy atom. The number of aromatic nitrogens is 3. The molecule has 2 aromatic heterocycles. The molecule has 0 saturated heterocycles. The SMILES string of the molecule is C=C/C(=C\N(C)C)Nc1ncc(-c2ccc(CC(=O)NCc3ccc(C(F)(F)F)cn3)cc2)cn1. The molecule has 0 aliphatic carbocycles. The molecule has 0 fully saturated rings. The van der Waals surface area contributed by atoms with Crippen LogP contribution in [0.25, 0.3) is 11.1 Å². The molecule has 3 rings (SSSR count). The molecule has 0 aliphatic rings. The van der Waals surface area contributed by atoms with Crippen LogP contribution in [-0.4, -0.2) is 39.9 Å². The predicted octanol–water partition coefficient (Wildman–Crippen LogP) is 4.42. The Bertz CT molecular complexity index is 1170. The number of hydrogen-bond acceptors (Lipinski definition) is 6. The lowest BCUT2D eigenvalue weighted by Crippen LogP contribution is -2.25. The average Bonchev–Trinajstić information content (AvgIpc) is 2.83. The van der Waals surface area contributed by atoms with Gasteiger partial charge in [-0.1, -0.05) is 30.8 Å². The zero-order valence-corrected chi connectivity index (χ0v) is 19.3. The molecule has 0 spiro atoms. The van der Waals surface area contributed by atoms with Crippen molar-refractivity contribution in [2.45, 2.75) is 19.1 Å². The molecule has 35 heavy (non-hydrogen) atoms. The Hall–Kier alpha value is -4.21. The first-order valence-electron chi connectivity index (χ1n) is 10.6. The lowest BCUT2D eigenvalue weighted by atomic mass is 10.1. The lowest BCUT2D eigenvalue weighted by molar-refractivity contribution is -0.137. The van der Waals surface area contributed by atoms with E-state index in [1.165, 1.54) is 6.07 Å². The molecule has 2 heterocycles. The highest BCUT2D eigenvalue weighted by molar-refractivity contribution is 5.78. The Morgan fingerprint density at radius 3 is 2.23 bits per heavy atom. The number of carbonyl (C=O) groups excluding carboxylic acids is 1. The van der Waals surface area contributed by atoms with Gasteiger partial charge in [0.1, 0.15) is 0 Å². The molecule has 0 atom stereocenters. The van der Waals surface area contributed by atoms with Gasteiger partial charge in [-0.2, -0.15) is 13.2 Å². The molecule has 2 N–H and O–H groups in total. The minimum absolute atomic E-state index is 0.0457. The summed E-state index contributed by atoms with van der Waals surface area (Å²) in [4.78, 5) is 26.5. The molecular weight excluding hydrogens is 457 g/mol. The fourth-order valence-electron chi connectivity index (χ4n) is 3.03. The van der Waals surface area contributed by atoms with Crippen LogP contribution < -0.4 is 10.6 Å². The van der Waals surface area contributed by atoms with Crippen LogP contribution in [0.1, 0.15) is 16.8 Å². The van der Waals surface area contributed by atoms with E-state index in [2.05, 4.69) is 32.2 Å². The normalized spacial score (nSPS) is 11.6. The van der Waals surface area contributed by atoms with Gasteiger partial charge in [0, 0.05) is 44.4 Å². The molecule has 3 aromatic rings. The van der Waals surface area contributed by atoms with Crippen molar-refractivity contribution in [3.05, 3.63) is 96.4 Å². The van der Waals surface area contributed by atoms with Crippen molar-refractivity contribution < 1.29 is 18.0 Å². The van der Waals surface area contributed by atoms with Gasteiger partial charge in [-0.3, -0.25) is 9.78 Å². The van der Waals surface area contributed by atoms with E-state index in [1.807, 2.05) is 49.5 Å². The van der Waals surface area contributed by atoms with Gasteiger partial charge in [-0.15, -0.1) is 0 Å². The number of pyridine rings is 1. The molecule has 0 radical (unpaired) electrons. The van der Waals surface area contributed by atoms with Gasteiger partial charge in [0.25, 0.3) is 0 Å². The number of nitrogens with zero attached hydrogens (tertiary/aromatic N) is 4. The van der Waals surface area contributed by atoms with Crippen LogP contribution in [0.3, 0.4) is 0 Å². The van der Waals surface area contributed by atoms with Gasteiger partial charge in [-0.05, 0) is 29.3 Å². The van der Waals surface area contributed by atoms with Crippen molar-refractivity contribution in [2.75, 3.05) is 19.4 Å². The second kappa shape index (κ2) is 11.3. The van der Waals surface area contributed by atoms with Crippen molar-refractivity contribution >= 4 is 11.9 Å². The maximum Gasteiger partial charge on any atom is 0.417 e. The van der Waals surface area contributed by atoms with Gasteiger partial charge in [0.05, 0.1) is 29.9 Å². The summed E-state index contributed by atoms with van der Waals surface area (Å²) < 4.78 is 37.8. The highest BCUT2D eigenvalue weighted by Crippen LogP contribution is 2.28. The fraction of sp³-hybridized carbons (Fsp3) is 0.200. The number of rotatable bonds is 9. The molecule has 1 amide bonds. The van der Waals surface area contributed by atoms with Crippen molar-refractivity contribution in [1.82, 2.24) is 25.2 Å². The molecule has 10 heteroatoms. The van der Waals surface area contributed by atoms with Crippen LogP contribution >= 0.6 is 0 Å². The van der Waals surface area contributed by atoms with E-state index in [0.29, 0.717) is 11.6 Å². The van der Waals surface area contributed by atoms with E-state index >= 15 is 0 Å². The zero-order valence-electron chi connectivity index (χ0n) is 19.3. The van der Waals surface area contributed by atoms with Crippen LogP contribution in [0.2, 0.25) is 0 Å². The quantitative estimate of drug-likeness (QED) is 0.440. The minimum Gasteiger partial charge on any atom is -0.382 e. The number of alkyl halides is 3. The van der Waals surface area contributed by atoms with Crippen LogP contribution in [0, 0.1) is 0 Å². The second-order valence-electron chi connectivity index (χ2n) is 7.86. The number of nitrogens with one attached hydrogen (secondary N) is 2. The standard InChI is InChI=1S/C25H25F3N6O/c1-4-21(16-34(2)3)33-24-31-12-19(13-32-24)18-7-5-17(6-8-18)11-23(35)30-15-22-10-9-20(14-29-22)25(26,27)28/h4-10,12-14,16H,1,11,15H2,2-3H3,(H,30,35)(H,31,32,33)/b21-16+. The van der Waals surface area contributed by atoms with Gasteiger partial charge in [0.2, 0.25) is 11.9 Å². The summed E-state index contributed by atoms with van der Waals surface area (Å²) in [5.74, 6) is 0.180. The smallest absolute Gasteiger partial charge is 0.382 e. The number of anilines is 1. The third kappa shape index (κ3) is 7.66. The minimum atomic E-state index is -4.44. The number of allylic oxidation sites excluding steroid dienone is 1. The highest BCUT2D eigenvalue weighted by atomic mass is 19.4. The molecule has 0 aliphatic heterocycles. The number of benzene rings is 1. The highest BCUT2D eigenvalue weighted by Gasteiger charge is 2.30. The summed E-state index contributed by atoms with van der Waals surface area (Å²) in [6, 6.07) is 9.58. The Kier molecular flexibility index (Phi) is 8.19. The molecule has 1 aromatic carbocycles. The predicted molar refractivity (Wildman–Crippen MR) is 128 cm³/mol. The van der Waals surface area contributed by atoms with E-state index in [0.717, 1.165) is 34.7 Å². The molecule has 182 valence electrons. The van der Waals surface area contributed by atoms with E-state index in [9.17, 15) is 18.0 Å². The number of halogens is 3. The van der Waals surface area contributed by atoms with Gasteiger partial charge < -0.3 is 15.5 Å². The summed E-state index contributed by atoms with van der Waals surface area (Å²) in [5, 5.41) is 5.75. The lowest BCUT2D eigenvalue weighted by Gasteiger charge is -2.10. The number of hydrogen-bond donors (Lipinski definition) is 2. The van der Waals surface area contributed by atoms with Crippen LogP contribution in [-0.2, 0) is 23.9 Å². The fourth-order valence-corrected chi connectivity index (χ4v) is 3.03. The first-order valence-corrected chi connectivity index (χ1v) is 10.6. The van der Waals surface area contributed by atoms with E-state index in [-0.39, 0.29) is 18.9 Å². The summed E-state index contributed by atoms with van der Waals surface area (Å²) in [6.07, 6.45) is 3.37. The average molecular weight is 483 g/mol. The van der Waals surface area contributed by atoms with Crippen LogP contribution in [0.5, 0.6) is 0 Å².